The highest BCUT2D eigenvalue weighted by Crippen LogP contribution is 2.36. The first kappa shape index (κ1) is 15.4. The highest BCUT2D eigenvalue weighted by atomic mass is 35.5. The topological polar surface area (TPSA) is 55.4 Å². The molecular formula is C12H11Cl2NO3S2. The van der Waals surface area contributed by atoms with Gasteiger partial charge >= 0.3 is 0 Å². The van der Waals surface area contributed by atoms with E-state index in [0.29, 0.717) is 15.8 Å². The van der Waals surface area contributed by atoms with E-state index in [1.807, 2.05) is 6.92 Å². The van der Waals surface area contributed by atoms with Gasteiger partial charge in [0.25, 0.3) is 10.0 Å². The Labute approximate surface area is 131 Å². The van der Waals surface area contributed by atoms with Gasteiger partial charge in [0.2, 0.25) is 0 Å². The minimum absolute atomic E-state index is 0.0446. The molecule has 2 rings (SSSR count). The Morgan fingerprint density at radius 2 is 1.95 bits per heavy atom. The number of rotatable bonds is 4. The number of hydrogen-bond donors (Lipinski definition) is 1. The summed E-state index contributed by atoms with van der Waals surface area (Å²) in [5.74, 6) is 0.436. The third-order valence-electron chi connectivity index (χ3n) is 2.52. The van der Waals surface area contributed by atoms with Crippen molar-refractivity contribution in [2.24, 2.45) is 0 Å². The zero-order valence-corrected chi connectivity index (χ0v) is 13.8. The maximum absolute atomic E-state index is 12.3. The van der Waals surface area contributed by atoms with Crippen LogP contribution in [0.4, 0.5) is 5.69 Å². The third kappa shape index (κ3) is 3.20. The molecule has 108 valence electrons. The van der Waals surface area contributed by atoms with Crippen LogP contribution < -0.4 is 9.46 Å². The van der Waals surface area contributed by atoms with Gasteiger partial charge in [0, 0.05) is 0 Å². The van der Waals surface area contributed by atoms with Crippen molar-refractivity contribution in [1.29, 1.82) is 0 Å². The van der Waals surface area contributed by atoms with Crippen LogP contribution in [0.2, 0.25) is 8.67 Å². The van der Waals surface area contributed by atoms with E-state index in [0.717, 1.165) is 16.9 Å². The van der Waals surface area contributed by atoms with Gasteiger partial charge in [0.15, 0.2) is 0 Å². The van der Waals surface area contributed by atoms with Crippen molar-refractivity contribution >= 4 is 50.2 Å². The number of hydrogen-bond acceptors (Lipinski definition) is 4. The molecule has 0 saturated heterocycles. The lowest BCUT2D eigenvalue weighted by Crippen LogP contribution is -2.13. The molecular weight excluding hydrogens is 341 g/mol. The molecule has 4 nitrogen and oxygen atoms in total. The molecule has 0 aliphatic carbocycles. The first-order valence-electron chi connectivity index (χ1n) is 5.46. The zero-order chi connectivity index (χ0) is 14.9. The summed E-state index contributed by atoms with van der Waals surface area (Å²) >= 11 is 12.6. The van der Waals surface area contributed by atoms with Crippen molar-refractivity contribution in [3.8, 4) is 5.75 Å². The van der Waals surface area contributed by atoms with E-state index < -0.39 is 10.0 Å². The van der Waals surface area contributed by atoms with Crippen LogP contribution in [0, 0.1) is 6.92 Å². The molecule has 0 bridgehead atoms. The molecule has 20 heavy (non-hydrogen) atoms. The number of sulfonamides is 1. The van der Waals surface area contributed by atoms with Crippen molar-refractivity contribution in [2.45, 2.75) is 11.8 Å². The predicted molar refractivity (Wildman–Crippen MR) is 82.9 cm³/mol. The quantitative estimate of drug-likeness (QED) is 0.898. The van der Waals surface area contributed by atoms with Gasteiger partial charge in [-0.25, -0.2) is 8.42 Å². The molecule has 1 N–H and O–H groups in total. The van der Waals surface area contributed by atoms with E-state index in [9.17, 15) is 8.42 Å². The number of anilines is 1. The summed E-state index contributed by atoms with van der Waals surface area (Å²) < 4.78 is 32.6. The van der Waals surface area contributed by atoms with Crippen LogP contribution in [0.5, 0.6) is 5.75 Å². The Kier molecular flexibility index (Phi) is 4.49. The van der Waals surface area contributed by atoms with Gasteiger partial charge in [0.05, 0.1) is 17.1 Å². The number of thiophene rings is 1. The highest BCUT2D eigenvalue weighted by Gasteiger charge is 2.22. The van der Waals surface area contributed by atoms with Crippen molar-refractivity contribution in [1.82, 2.24) is 0 Å². The fourth-order valence-corrected chi connectivity index (χ4v) is 4.81. The smallest absolute Gasteiger partial charge is 0.264 e. The normalized spacial score (nSPS) is 11.4. The molecule has 8 heteroatoms. The first-order chi connectivity index (χ1) is 9.33. The summed E-state index contributed by atoms with van der Waals surface area (Å²) in [6.07, 6.45) is 0. The molecule has 1 aromatic heterocycles. The summed E-state index contributed by atoms with van der Waals surface area (Å²) in [7, 11) is -2.33. The fraction of sp³-hybridized carbons (Fsp3) is 0.167. The summed E-state index contributed by atoms with van der Waals surface area (Å²) in [5, 5.41) is 0. The van der Waals surface area contributed by atoms with Crippen LogP contribution in [0.3, 0.4) is 0 Å². The van der Waals surface area contributed by atoms with Crippen LogP contribution in [-0.4, -0.2) is 15.5 Å². The van der Waals surface area contributed by atoms with Crippen LogP contribution >= 0.6 is 34.5 Å². The van der Waals surface area contributed by atoms with E-state index in [-0.39, 0.29) is 9.23 Å². The second-order valence-corrected chi connectivity index (χ2v) is 7.93. The van der Waals surface area contributed by atoms with Gasteiger partial charge in [0.1, 0.15) is 15.0 Å². The van der Waals surface area contributed by atoms with E-state index in [2.05, 4.69) is 4.72 Å². The largest absolute Gasteiger partial charge is 0.495 e. The summed E-state index contributed by atoms with van der Waals surface area (Å²) in [6, 6.07) is 6.47. The van der Waals surface area contributed by atoms with Crippen molar-refractivity contribution in [2.75, 3.05) is 11.8 Å². The average Bonchev–Trinajstić information content (AvgIpc) is 2.71. The van der Waals surface area contributed by atoms with E-state index in [4.69, 9.17) is 27.9 Å². The summed E-state index contributed by atoms with van der Waals surface area (Å²) in [4.78, 5) is -0.0446. The monoisotopic (exact) mass is 351 g/mol. The SMILES string of the molecule is COc1cc(C)ccc1NS(=O)(=O)c1cc(Cl)sc1Cl. The third-order valence-corrected chi connectivity index (χ3v) is 5.63. The molecule has 0 unspecified atom stereocenters. The standard InChI is InChI=1S/C12H11Cl2NO3S2/c1-7-3-4-8(9(5-7)18-2)15-20(16,17)10-6-11(13)19-12(10)14/h3-6,15H,1-2H3. The van der Waals surface area contributed by atoms with Gasteiger partial charge in [-0.15, -0.1) is 11.3 Å². The molecule has 0 spiro atoms. The maximum Gasteiger partial charge on any atom is 0.264 e. The molecule has 1 heterocycles. The minimum atomic E-state index is -3.80. The predicted octanol–water partition coefficient (Wildman–Crippen LogP) is 4.17. The van der Waals surface area contributed by atoms with Crippen molar-refractivity contribution in [3.63, 3.8) is 0 Å². The lowest BCUT2D eigenvalue weighted by Gasteiger charge is -2.12. The Morgan fingerprint density at radius 3 is 2.50 bits per heavy atom. The van der Waals surface area contributed by atoms with Crippen molar-refractivity contribution < 1.29 is 13.2 Å². The van der Waals surface area contributed by atoms with Gasteiger partial charge < -0.3 is 4.74 Å². The lowest BCUT2D eigenvalue weighted by molar-refractivity contribution is 0.416. The number of aryl methyl sites for hydroxylation is 1. The number of benzene rings is 1. The number of methoxy groups -OCH3 is 1. The summed E-state index contributed by atoms with van der Waals surface area (Å²) in [5.41, 5.74) is 1.30. The fourth-order valence-electron chi connectivity index (χ4n) is 1.59. The van der Waals surface area contributed by atoms with Crippen LogP contribution in [0.1, 0.15) is 5.56 Å². The van der Waals surface area contributed by atoms with Crippen molar-refractivity contribution in [3.05, 3.63) is 38.5 Å². The molecule has 0 aliphatic heterocycles. The van der Waals surface area contributed by atoms with Gasteiger partial charge in [-0.2, -0.15) is 0 Å². The molecule has 0 saturated carbocycles. The van der Waals surface area contributed by atoms with Gasteiger partial charge in [-0.05, 0) is 30.7 Å². The Hall–Kier alpha value is -0.950. The van der Waals surface area contributed by atoms with Crippen LogP contribution in [0.15, 0.2) is 29.2 Å². The second-order valence-electron chi connectivity index (χ2n) is 4.00. The van der Waals surface area contributed by atoms with Crippen LogP contribution in [0.25, 0.3) is 0 Å². The number of halogens is 2. The van der Waals surface area contributed by atoms with E-state index >= 15 is 0 Å². The van der Waals surface area contributed by atoms with Crippen LogP contribution in [-0.2, 0) is 10.0 Å². The Bertz CT molecular complexity index is 741. The molecule has 1 aromatic carbocycles. The molecule has 2 aromatic rings. The molecule has 0 fully saturated rings. The zero-order valence-electron chi connectivity index (χ0n) is 10.6. The number of ether oxygens (including phenoxy) is 1. The average molecular weight is 352 g/mol. The molecule has 0 aliphatic rings. The Balaban J connectivity index is 2.41. The second kappa shape index (κ2) is 5.81. The van der Waals surface area contributed by atoms with E-state index in [1.54, 1.807) is 18.2 Å². The molecule has 0 atom stereocenters. The summed E-state index contributed by atoms with van der Waals surface area (Å²) in [6.45, 7) is 1.89. The molecule has 0 amide bonds. The minimum Gasteiger partial charge on any atom is -0.495 e. The van der Waals surface area contributed by atoms with Gasteiger partial charge in [-0.1, -0.05) is 29.3 Å². The lowest BCUT2D eigenvalue weighted by atomic mass is 10.2. The number of nitrogens with one attached hydrogen (secondary N) is 1. The van der Waals surface area contributed by atoms with Gasteiger partial charge in [-0.3, -0.25) is 4.72 Å². The first-order valence-corrected chi connectivity index (χ1v) is 8.51. The molecule has 0 radical (unpaired) electrons. The Morgan fingerprint density at radius 1 is 1.25 bits per heavy atom. The maximum atomic E-state index is 12.3. The highest BCUT2D eigenvalue weighted by molar-refractivity contribution is 7.93. The van der Waals surface area contributed by atoms with E-state index in [1.165, 1.54) is 13.2 Å².